The van der Waals surface area contributed by atoms with Crippen LogP contribution in [0.25, 0.3) is 0 Å². The van der Waals surface area contributed by atoms with Gasteiger partial charge in [0.05, 0.1) is 5.60 Å². The van der Waals surface area contributed by atoms with E-state index in [4.69, 9.17) is 4.74 Å². The van der Waals surface area contributed by atoms with Crippen LogP contribution in [0.1, 0.15) is 115 Å². The number of hydrogen-bond acceptors (Lipinski definition) is 3. The molecule has 0 aliphatic rings. The predicted molar refractivity (Wildman–Crippen MR) is 137 cm³/mol. The number of carbonyl (C=O) groups is 1. The maximum Gasteiger partial charge on any atom is 0.225 e. The molecule has 0 aromatic rings. The Labute approximate surface area is 194 Å². The average Bonchev–Trinajstić information content (AvgIpc) is 2.50. The first-order chi connectivity index (χ1) is 13.3. The van der Waals surface area contributed by atoms with Crippen molar-refractivity contribution >= 4 is 17.7 Å². The molecule has 1 amide bonds. The van der Waals surface area contributed by atoms with E-state index in [1.807, 2.05) is 41.5 Å². The first kappa shape index (κ1) is 32.0. The molecule has 0 rings (SSSR count). The summed E-state index contributed by atoms with van der Waals surface area (Å²) in [4.78, 5) is 11.5. The second-order valence-electron chi connectivity index (χ2n) is 12.8. The second-order valence-corrected chi connectivity index (χ2v) is 14.0. The van der Waals surface area contributed by atoms with Gasteiger partial charge >= 0.3 is 0 Å². The molecule has 0 aliphatic carbocycles. The summed E-state index contributed by atoms with van der Waals surface area (Å²) in [7, 11) is 0. The monoisotopic (exact) mass is 445 g/mol. The molecule has 0 aromatic carbocycles. The van der Waals surface area contributed by atoms with Crippen LogP contribution in [-0.4, -0.2) is 36.2 Å². The fourth-order valence-electron chi connectivity index (χ4n) is 2.43. The minimum atomic E-state index is -0.301. The minimum absolute atomic E-state index is 0.0892. The molecule has 1 N–H and O–H groups in total. The third-order valence-corrected chi connectivity index (χ3v) is 5.41. The van der Waals surface area contributed by atoms with Gasteiger partial charge in [0, 0.05) is 18.6 Å². The first-order valence-electron chi connectivity index (χ1n) is 11.8. The predicted octanol–water partition coefficient (Wildman–Crippen LogP) is 7.73. The van der Waals surface area contributed by atoms with Crippen LogP contribution in [0.5, 0.6) is 0 Å². The summed E-state index contributed by atoms with van der Waals surface area (Å²) in [6.07, 6.45) is 6.34. The van der Waals surface area contributed by atoms with Crippen LogP contribution in [0.15, 0.2) is 0 Å². The Hall–Kier alpha value is -0.220. The maximum atomic E-state index is 11.5. The van der Waals surface area contributed by atoms with Crippen LogP contribution >= 0.6 is 11.8 Å². The molecular formula is C26H55NO2S. The highest BCUT2D eigenvalue weighted by molar-refractivity contribution is 7.99. The quantitative estimate of drug-likeness (QED) is 0.350. The summed E-state index contributed by atoms with van der Waals surface area (Å²) >= 11 is 2.13. The van der Waals surface area contributed by atoms with Crippen LogP contribution in [0.2, 0.25) is 0 Å². The van der Waals surface area contributed by atoms with E-state index >= 15 is 0 Å². The van der Waals surface area contributed by atoms with Crippen molar-refractivity contribution in [2.24, 2.45) is 16.2 Å². The van der Waals surface area contributed by atoms with Crippen molar-refractivity contribution < 1.29 is 9.53 Å². The van der Waals surface area contributed by atoms with Gasteiger partial charge in [-0.15, -0.1) is 0 Å². The topological polar surface area (TPSA) is 38.3 Å². The molecule has 30 heavy (non-hydrogen) atoms. The fourth-order valence-corrected chi connectivity index (χ4v) is 3.33. The summed E-state index contributed by atoms with van der Waals surface area (Å²) < 4.78 is 5.55. The van der Waals surface area contributed by atoms with Gasteiger partial charge in [-0.25, -0.2) is 0 Å². The van der Waals surface area contributed by atoms with Gasteiger partial charge in [0.2, 0.25) is 5.91 Å². The number of hydrogen-bond donors (Lipinski definition) is 1. The van der Waals surface area contributed by atoms with Gasteiger partial charge in [-0.2, -0.15) is 11.8 Å². The lowest BCUT2D eigenvalue weighted by Gasteiger charge is -2.20. The van der Waals surface area contributed by atoms with E-state index in [1.165, 1.54) is 37.2 Å². The molecule has 0 unspecified atom stereocenters. The summed E-state index contributed by atoms with van der Waals surface area (Å²) in [5, 5.41) is 2.89. The Morgan fingerprint density at radius 1 is 0.733 bits per heavy atom. The molecule has 0 saturated carbocycles. The zero-order chi connectivity index (χ0) is 24.1. The Morgan fingerprint density at radius 2 is 1.17 bits per heavy atom. The molecule has 0 aromatic heterocycles. The number of carbonyl (C=O) groups excluding carboxylic acids is 1. The van der Waals surface area contributed by atoms with Crippen molar-refractivity contribution in [2.75, 3.05) is 24.7 Å². The second kappa shape index (κ2) is 14.8. The highest BCUT2D eigenvalue weighted by Crippen LogP contribution is 2.24. The molecule has 0 bridgehead atoms. The van der Waals surface area contributed by atoms with E-state index in [9.17, 15) is 4.79 Å². The van der Waals surface area contributed by atoms with Gasteiger partial charge in [0.1, 0.15) is 0 Å². The summed E-state index contributed by atoms with van der Waals surface area (Å²) in [6, 6.07) is 0. The molecule has 3 nitrogen and oxygen atoms in total. The molecule has 0 aliphatic heterocycles. The fraction of sp³-hybridized carbons (Fsp3) is 0.962. The number of amides is 1. The van der Waals surface area contributed by atoms with Gasteiger partial charge in [-0.3, -0.25) is 4.79 Å². The number of rotatable bonds is 10. The molecule has 182 valence electrons. The van der Waals surface area contributed by atoms with Crippen molar-refractivity contribution in [3.63, 3.8) is 0 Å². The normalized spacial score (nSPS) is 12.9. The smallest absolute Gasteiger partial charge is 0.225 e. The zero-order valence-corrected chi connectivity index (χ0v) is 23.4. The van der Waals surface area contributed by atoms with E-state index in [2.05, 4.69) is 58.6 Å². The van der Waals surface area contributed by atoms with Crippen molar-refractivity contribution in [2.45, 2.75) is 121 Å². The molecule has 0 atom stereocenters. The Morgan fingerprint density at radius 3 is 1.50 bits per heavy atom. The Kier molecular flexibility index (Phi) is 15.7. The van der Waals surface area contributed by atoms with Crippen molar-refractivity contribution in [3.05, 3.63) is 0 Å². The van der Waals surface area contributed by atoms with Gasteiger partial charge in [0.25, 0.3) is 0 Å². The Bertz CT molecular complexity index is 416. The largest absolute Gasteiger partial charge is 0.376 e. The van der Waals surface area contributed by atoms with Crippen LogP contribution in [0.3, 0.4) is 0 Å². The van der Waals surface area contributed by atoms with Crippen molar-refractivity contribution in [1.82, 2.24) is 5.32 Å². The lowest BCUT2D eigenvalue weighted by atomic mass is 9.91. The van der Waals surface area contributed by atoms with Crippen molar-refractivity contribution in [3.8, 4) is 0 Å². The van der Waals surface area contributed by atoms with E-state index in [0.717, 1.165) is 6.42 Å². The molecule has 0 heterocycles. The lowest BCUT2D eigenvalue weighted by Crippen LogP contribution is -2.35. The van der Waals surface area contributed by atoms with Crippen molar-refractivity contribution in [1.29, 1.82) is 0 Å². The summed E-state index contributed by atoms with van der Waals surface area (Å²) in [6.45, 7) is 27.2. The van der Waals surface area contributed by atoms with Gasteiger partial charge in [0.15, 0.2) is 0 Å². The van der Waals surface area contributed by atoms with Gasteiger partial charge < -0.3 is 10.1 Å². The minimum Gasteiger partial charge on any atom is -0.376 e. The van der Waals surface area contributed by atoms with Gasteiger partial charge in [-0.05, 0) is 75.2 Å². The Balaban J connectivity index is 0. The van der Waals surface area contributed by atoms with Crippen LogP contribution in [0.4, 0.5) is 0 Å². The zero-order valence-electron chi connectivity index (χ0n) is 22.6. The molecule has 0 saturated heterocycles. The summed E-state index contributed by atoms with van der Waals surface area (Å²) in [5.41, 5.74) is 0.650. The van der Waals surface area contributed by atoms with E-state index in [1.54, 1.807) is 0 Å². The van der Waals surface area contributed by atoms with Crippen LogP contribution < -0.4 is 5.32 Å². The van der Waals surface area contributed by atoms with E-state index < -0.39 is 0 Å². The standard InChI is InChI=1S/C14H30S.C12H25NO2/c1-13(2,3)9-7-11-15-12-8-10-14(4,5)6;1-11(2,3)10(14)13-8-7-9-15-12(4,5)6/h7-12H2,1-6H3;7-9H2,1-6H3,(H,13,14). The molecule has 0 spiro atoms. The third kappa shape index (κ3) is 27.8. The molecular weight excluding hydrogens is 390 g/mol. The first-order valence-corrected chi connectivity index (χ1v) is 13.0. The average molecular weight is 446 g/mol. The maximum absolute atomic E-state index is 11.5. The number of thioether (sulfide) groups is 1. The van der Waals surface area contributed by atoms with Gasteiger partial charge in [-0.1, -0.05) is 62.3 Å². The lowest BCUT2D eigenvalue weighted by molar-refractivity contribution is -0.128. The SMILES string of the molecule is CC(C)(C)CCCSCCCC(C)(C)C.CC(C)(C)OCCCNC(=O)C(C)(C)C. The highest BCUT2D eigenvalue weighted by atomic mass is 32.2. The molecule has 4 heteroatoms. The van der Waals surface area contributed by atoms with Crippen LogP contribution in [-0.2, 0) is 9.53 Å². The van der Waals surface area contributed by atoms with E-state index in [0.29, 0.717) is 24.0 Å². The summed E-state index contributed by atoms with van der Waals surface area (Å²) in [5.74, 6) is 2.79. The third-order valence-electron chi connectivity index (χ3n) is 4.25. The molecule has 0 fully saturated rings. The molecule has 0 radical (unpaired) electrons. The highest BCUT2D eigenvalue weighted by Gasteiger charge is 2.20. The van der Waals surface area contributed by atoms with E-state index in [-0.39, 0.29) is 16.9 Å². The van der Waals surface area contributed by atoms with Crippen LogP contribution in [0, 0.1) is 16.2 Å². The number of ether oxygens (including phenoxy) is 1. The number of nitrogens with one attached hydrogen (secondary N) is 1.